The Balaban J connectivity index is 0.00000167. The number of aromatic nitrogens is 1. The van der Waals surface area contributed by atoms with Gasteiger partial charge in [0.1, 0.15) is 0 Å². The lowest BCUT2D eigenvalue weighted by Crippen LogP contribution is -2.42. The number of piperidine rings is 2. The maximum atomic E-state index is 13.4. The Morgan fingerprint density at radius 3 is 2.40 bits per heavy atom. The van der Waals surface area contributed by atoms with Crippen molar-refractivity contribution in [2.24, 2.45) is 11.0 Å². The van der Waals surface area contributed by atoms with E-state index in [9.17, 15) is 14.7 Å². The SMILES string of the molecule is C/C=N\N(c1cc(=O)[nH]c2cc(C)c(C(=O)N3CCC(CO)CC3)cc12)C1CCN(C)CC1.CC. The molecule has 1 aromatic carbocycles. The van der Waals surface area contributed by atoms with Crippen molar-refractivity contribution >= 4 is 28.7 Å². The molecule has 0 unspecified atom stereocenters. The van der Waals surface area contributed by atoms with Crippen LogP contribution in [0.1, 0.15) is 62.4 Å². The van der Waals surface area contributed by atoms with E-state index in [0.717, 1.165) is 60.9 Å². The molecule has 0 saturated carbocycles. The maximum absolute atomic E-state index is 13.4. The molecule has 4 rings (SSSR count). The molecule has 1 amide bonds. The van der Waals surface area contributed by atoms with Gasteiger partial charge in [-0.3, -0.25) is 14.6 Å². The summed E-state index contributed by atoms with van der Waals surface area (Å²) >= 11 is 0. The molecule has 8 heteroatoms. The first kappa shape index (κ1) is 26.9. The van der Waals surface area contributed by atoms with Crippen LogP contribution in [0.15, 0.2) is 28.1 Å². The number of hydrogen-bond donors (Lipinski definition) is 2. The first-order valence-corrected chi connectivity index (χ1v) is 13.0. The van der Waals surface area contributed by atoms with Crippen molar-refractivity contribution in [1.82, 2.24) is 14.8 Å². The molecular weight excluding hydrogens is 442 g/mol. The average molecular weight is 484 g/mol. The molecule has 2 fully saturated rings. The monoisotopic (exact) mass is 483 g/mol. The number of anilines is 1. The van der Waals surface area contributed by atoms with Crippen LogP contribution in [0.3, 0.4) is 0 Å². The van der Waals surface area contributed by atoms with Crippen molar-refractivity contribution in [3.05, 3.63) is 39.7 Å². The topological polar surface area (TPSA) is 92.2 Å². The van der Waals surface area contributed by atoms with Gasteiger partial charge >= 0.3 is 0 Å². The second kappa shape index (κ2) is 12.3. The van der Waals surface area contributed by atoms with E-state index < -0.39 is 0 Å². The van der Waals surface area contributed by atoms with Crippen LogP contribution in [0.4, 0.5) is 5.69 Å². The zero-order valence-electron chi connectivity index (χ0n) is 21.9. The highest BCUT2D eigenvalue weighted by molar-refractivity contribution is 6.02. The van der Waals surface area contributed by atoms with E-state index in [1.807, 2.05) is 49.7 Å². The van der Waals surface area contributed by atoms with Crippen LogP contribution in [-0.2, 0) is 0 Å². The maximum Gasteiger partial charge on any atom is 0.254 e. The van der Waals surface area contributed by atoms with Crippen LogP contribution >= 0.6 is 0 Å². The van der Waals surface area contributed by atoms with Crippen LogP contribution in [0.25, 0.3) is 10.9 Å². The number of nitrogens with one attached hydrogen (secondary N) is 1. The first-order valence-electron chi connectivity index (χ1n) is 13.0. The molecule has 2 N–H and O–H groups in total. The fourth-order valence-electron chi connectivity index (χ4n) is 5.02. The summed E-state index contributed by atoms with van der Waals surface area (Å²) in [5.74, 6) is 0.284. The Hall–Kier alpha value is -2.71. The van der Waals surface area contributed by atoms with Gasteiger partial charge in [-0.05, 0) is 83.3 Å². The molecule has 2 saturated heterocycles. The molecule has 0 aliphatic carbocycles. The Kier molecular flexibility index (Phi) is 9.46. The number of aromatic amines is 1. The minimum atomic E-state index is -0.175. The number of carbonyl (C=O) groups excluding carboxylic acids is 1. The standard InChI is InChI=1S/C25H35N5O3.C2H6/c1-4-26-30(19-7-9-28(3)10-8-19)23-15-24(32)27-22-13-17(2)20(14-21(22)23)25(33)29-11-5-18(16-31)6-12-29;1-2/h4,13-15,18-19,31H,5-12,16H2,1-3H3,(H,27,32);1-2H3/b26-4-;. The normalized spacial score (nSPS) is 18.1. The summed E-state index contributed by atoms with van der Waals surface area (Å²) in [6, 6.07) is 5.62. The van der Waals surface area contributed by atoms with Crippen LogP contribution < -0.4 is 10.6 Å². The van der Waals surface area contributed by atoms with Gasteiger partial charge in [-0.1, -0.05) is 13.8 Å². The van der Waals surface area contributed by atoms with Gasteiger partial charge in [0, 0.05) is 42.9 Å². The van der Waals surface area contributed by atoms with Crippen LogP contribution in [-0.4, -0.2) is 77.9 Å². The van der Waals surface area contributed by atoms with E-state index in [4.69, 9.17) is 0 Å². The number of amides is 1. The fourth-order valence-corrected chi connectivity index (χ4v) is 5.02. The van der Waals surface area contributed by atoms with Gasteiger partial charge < -0.3 is 19.9 Å². The van der Waals surface area contributed by atoms with Gasteiger partial charge in [0.15, 0.2) is 0 Å². The number of pyridine rings is 1. The van der Waals surface area contributed by atoms with Crippen LogP contribution in [0.5, 0.6) is 0 Å². The lowest BCUT2D eigenvalue weighted by Gasteiger charge is -2.36. The minimum Gasteiger partial charge on any atom is -0.396 e. The summed E-state index contributed by atoms with van der Waals surface area (Å²) in [6.45, 7) is 11.2. The highest BCUT2D eigenvalue weighted by atomic mass is 16.3. The highest BCUT2D eigenvalue weighted by Crippen LogP contribution is 2.32. The predicted molar refractivity (Wildman–Crippen MR) is 144 cm³/mol. The van der Waals surface area contributed by atoms with Crippen molar-refractivity contribution in [2.75, 3.05) is 44.8 Å². The number of nitrogens with zero attached hydrogens (tertiary/aromatic N) is 4. The summed E-state index contributed by atoms with van der Waals surface area (Å²) in [6.07, 6.45) is 5.32. The second-order valence-corrected chi connectivity index (χ2v) is 9.40. The molecule has 0 spiro atoms. The predicted octanol–water partition coefficient (Wildman–Crippen LogP) is 3.61. The zero-order valence-corrected chi connectivity index (χ0v) is 21.9. The zero-order chi connectivity index (χ0) is 25.5. The summed E-state index contributed by atoms with van der Waals surface area (Å²) in [4.78, 5) is 33.1. The summed E-state index contributed by atoms with van der Waals surface area (Å²) in [7, 11) is 2.12. The van der Waals surface area contributed by atoms with Crippen molar-refractivity contribution in [3.8, 4) is 0 Å². The minimum absolute atomic E-state index is 0.00720. The van der Waals surface area contributed by atoms with Crippen molar-refractivity contribution < 1.29 is 9.90 Å². The summed E-state index contributed by atoms with van der Waals surface area (Å²) in [5, 5.41) is 16.9. The highest BCUT2D eigenvalue weighted by Gasteiger charge is 2.27. The summed E-state index contributed by atoms with van der Waals surface area (Å²) in [5.41, 5.74) is 2.78. The van der Waals surface area contributed by atoms with Gasteiger partial charge in [0.05, 0.1) is 17.2 Å². The Morgan fingerprint density at radius 1 is 1.14 bits per heavy atom. The number of likely N-dealkylation sites (tertiary alicyclic amines) is 2. The largest absolute Gasteiger partial charge is 0.396 e. The molecule has 2 aliphatic rings. The molecular formula is C27H41N5O3. The van der Waals surface area contributed by atoms with Gasteiger partial charge in [-0.2, -0.15) is 5.10 Å². The number of aliphatic hydroxyl groups is 1. The third-order valence-electron chi connectivity index (χ3n) is 7.08. The lowest BCUT2D eigenvalue weighted by atomic mass is 9.96. The Bertz CT molecular complexity index is 1080. The molecule has 1 aromatic heterocycles. The quantitative estimate of drug-likeness (QED) is 0.501. The molecule has 3 heterocycles. The van der Waals surface area contributed by atoms with E-state index in [2.05, 4.69) is 22.0 Å². The number of benzene rings is 1. The number of fused-ring (bicyclic) bond motifs is 1. The molecule has 192 valence electrons. The number of aryl methyl sites for hydroxylation is 1. The second-order valence-electron chi connectivity index (χ2n) is 9.40. The van der Waals surface area contributed by atoms with E-state index in [1.54, 1.807) is 12.3 Å². The van der Waals surface area contributed by atoms with Gasteiger partial charge in [-0.15, -0.1) is 0 Å². The number of aliphatic hydroxyl groups excluding tert-OH is 1. The molecule has 2 aromatic rings. The fraction of sp³-hybridized carbons (Fsp3) is 0.593. The number of rotatable bonds is 5. The van der Waals surface area contributed by atoms with Crippen molar-refractivity contribution in [3.63, 3.8) is 0 Å². The first-order chi connectivity index (χ1) is 16.9. The van der Waals surface area contributed by atoms with Crippen molar-refractivity contribution in [2.45, 2.75) is 59.4 Å². The van der Waals surface area contributed by atoms with E-state index in [0.29, 0.717) is 18.7 Å². The molecule has 35 heavy (non-hydrogen) atoms. The Labute approximate surface area is 208 Å². The van der Waals surface area contributed by atoms with Crippen molar-refractivity contribution in [1.29, 1.82) is 0 Å². The van der Waals surface area contributed by atoms with Gasteiger partial charge in [-0.25, -0.2) is 0 Å². The molecule has 2 aliphatic heterocycles. The number of hydrogen-bond acceptors (Lipinski definition) is 6. The smallest absolute Gasteiger partial charge is 0.254 e. The van der Waals surface area contributed by atoms with Gasteiger partial charge in [0.25, 0.3) is 11.5 Å². The average Bonchev–Trinajstić information content (AvgIpc) is 2.88. The van der Waals surface area contributed by atoms with Crippen LogP contribution in [0, 0.1) is 12.8 Å². The van der Waals surface area contributed by atoms with Crippen LogP contribution in [0.2, 0.25) is 0 Å². The lowest BCUT2D eigenvalue weighted by molar-refractivity contribution is 0.0650. The Morgan fingerprint density at radius 2 is 1.80 bits per heavy atom. The van der Waals surface area contributed by atoms with Gasteiger partial charge in [0.2, 0.25) is 0 Å². The number of H-pyrrole nitrogens is 1. The molecule has 0 atom stereocenters. The van der Waals surface area contributed by atoms with E-state index >= 15 is 0 Å². The third-order valence-corrected chi connectivity index (χ3v) is 7.08. The van der Waals surface area contributed by atoms with E-state index in [-0.39, 0.29) is 30.0 Å². The summed E-state index contributed by atoms with van der Waals surface area (Å²) < 4.78 is 0. The van der Waals surface area contributed by atoms with E-state index in [1.165, 1.54) is 0 Å². The molecule has 0 bridgehead atoms. The number of hydrazone groups is 1. The third kappa shape index (κ3) is 6.11. The number of carbonyl (C=O) groups is 1. The molecule has 0 radical (unpaired) electrons. The molecule has 8 nitrogen and oxygen atoms in total.